The maximum atomic E-state index is 12.3. The largest absolute Gasteiger partial charge is 0.478 e. The molecule has 0 aliphatic carbocycles. The molecule has 0 spiro atoms. The molecule has 2 atom stereocenters. The van der Waals surface area contributed by atoms with Gasteiger partial charge in [0.25, 0.3) is 0 Å². The highest BCUT2D eigenvalue weighted by atomic mass is 79.9. The highest BCUT2D eigenvalue weighted by Crippen LogP contribution is 2.23. The van der Waals surface area contributed by atoms with Gasteiger partial charge in [-0.25, -0.2) is 9.59 Å². The fourth-order valence-electron chi connectivity index (χ4n) is 2.39. The van der Waals surface area contributed by atoms with E-state index >= 15 is 0 Å². The van der Waals surface area contributed by atoms with Crippen molar-refractivity contribution >= 4 is 33.6 Å². The predicted octanol–water partition coefficient (Wildman–Crippen LogP) is 2.79. The molecule has 2 amide bonds. The van der Waals surface area contributed by atoms with E-state index in [1.807, 2.05) is 6.92 Å². The van der Waals surface area contributed by atoms with E-state index in [0.717, 1.165) is 6.42 Å². The molecule has 1 heterocycles. The molecule has 0 saturated carbocycles. The van der Waals surface area contributed by atoms with Crippen molar-refractivity contribution in [1.29, 1.82) is 0 Å². The Morgan fingerprint density at radius 3 is 2.76 bits per heavy atom. The minimum Gasteiger partial charge on any atom is -0.478 e. The Kier molecular flexibility index (Phi) is 4.84. The molecule has 0 aromatic heterocycles. The molecule has 1 aliphatic heterocycles. The molecule has 1 fully saturated rings. The van der Waals surface area contributed by atoms with Gasteiger partial charge in [0.1, 0.15) is 0 Å². The van der Waals surface area contributed by atoms with Crippen LogP contribution in [-0.4, -0.2) is 47.8 Å². The number of rotatable bonds is 3. The molecule has 2 unspecified atom stereocenters. The maximum absolute atomic E-state index is 12.3. The van der Waals surface area contributed by atoms with Crippen LogP contribution in [0.25, 0.3) is 0 Å². The molecule has 1 aromatic carbocycles. The summed E-state index contributed by atoms with van der Waals surface area (Å²) in [6, 6.07) is 4.28. The third kappa shape index (κ3) is 3.54. The monoisotopic (exact) mass is 356 g/mol. The summed E-state index contributed by atoms with van der Waals surface area (Å²) in [7, 11) is 1.68. The number of halogens is 1. The topological polar surface area (TPSA) is 78.9 Å². The van der Waals surface area contributed by atoms with Gasteiger partial charge in [-0.1, -0.05) is 15.9 Å². The summed E-state index contributed by atoms with van der Waals surface area (Å²) in [5, 5.41) is 11.8. The molecular formula is C14H17BrN2O4. The van der Waals surface area contributed by atoms with Gasteiger partial charge in [0.15, 0.2) is 0 Å². The molecule has 21 heavy (non-hydrogen) atoms. The van der Waals surface area contributed by atoms with E-state index in [2.05, 4.69) is 21.2 Å². The van der Waals surface area contributed by atoms with Crippen LogP contribution in [0.1, 0.15) is 23.7 Å². The number of likely N-dealkylation sites (N-methyl/N-ethyl adjacent to an activating group) is 1. The van der Waals surface area contributed by atoms with E-state index < -0.39 is 5.97 Å². The molecule has 1 saturated heterocycles. The summed E-state index contributed by atoms with van der Waals surface area (Å²) >= 11 is 3.27. The number of nitrogens with one attached hydrogen (secondary N) is 1. The molecule has 114 valence electrons. The normalized spacial score (nSPS) is 21.1. The van der Waals surface area contributed by atoms with Crippen LogP contribution in [0.2, 0.25) is 0 Å². The molecule has 0 radical (unpaired) electrons. The lowest BCUT2D eigenvalue weighted by molar-refractivity contribution is 0.0698. The van der Waals surface area contributed by atoms with E-state index in [1.54, 1.807) is 24.1 Å². The van der Waals surface area contributed by atoms with Crippen LogP contribution in [0.4, 0.5) is 10.5 Å². The molecule has 0 bridgehead atoms. The van der Waals surface area contributed by atoms with Crippen molar-refractivity contribution in [1.82, 2.24) is 4.90 Å². The van der Waals surface area contributed by atoms with Crippen molar-refractivity contribution in [2.45, 2.75) is 25.5 Å². The van der Waals surface area contributed by atoms with Crippen molar-refractivity contribution in [3.63, 3.8) is 0 Å². The average molecular weight is 357 g/mol. The average Bonchev–Trinajstić information content (AvgIpc) is 2.83. The standard InChI is InChI=1S/C14H17BrN2O4/c1-8-12(5-6-21-8)17(2)14(20)16-11-7-9(15)3-4-10(11)13(18)19/h3-4,7-8,12H,5-6H2,1-2H3,(H,16,20)(H,18,19). The number of carbonyl (C=O) groups excluding carboxylic acids is 1. The predicted molar refractivity (Wildman–Crippen MR) is 81.7 cm³/mol. The zero-order valence-electron chi connectivity index (χ0n) is 11.8. The molecule has 6 nitrogen and oxygen atoms in total. The number of urea groups is 1. The number of ether oxygens (including phenoxy) is 1. The van der Waals surface area contributed by atoms with Crippen molar-refractivity contribution in [2.24, 2.45) is 0 Å². The van der Waals surface area contributed by atoms with E-state index in [9.17, 15) is 9.59 Å². The summed E-state index contributed by atoms with van der Waals surface area (Å²) in [4.78, 5) is 25.0. The van der Waals surface area contributed by atoms with Gasteiger partial charge in [-0.3, -0.25) is 0 Å². The van der Waals surface area contributed by atoms with Crippen LogP contribution < -0.4 is 5.32 Å². The second-order valence-electron chi connectivity index (χ2n) is 4.97. The Labute approximate surface area is 131 Å². The van der Waals surface area contributed by atoms with Crippen LogP contribution in [-0.2, 0) is 4.74 Å². The summed E-state index contributed by atoms with van der Waals surface area (Å²) in [6.45, 7) is 2.55. The Bertz CT molecular complexity index is 564. The number of hydrogen-bond donors (Lipinski definition) is 2. The van der Waals surface area contributed by atoms with Gasteiger partial charge >= 0.3 is 12.0 Å². The summed E-state index contributed by atoms with van der Waals surface area (Å²) < 4.78 is 6.14. The Balaban J connectivity index is 2.15. The van der Waals surface area contributed by atoms with Crippen molar-refractivity contribution in [3.05, 3.63) is 28.2 Å². The number of hydrogen-bond acceptors (Lipinski definition) is 3. The number of amides is 2. The van der Waals surface area contributed by atoms with Crippen molar-refractivity contribution in [2.75, 3.05) is 19.0 Å². The summed E-state index contributed by atoms with van der Waals surface area (Å²) in [5.41, 5.74) is 0.316. The van der Waals surface area contributed by atoms with Gasteiger partial charge in [0.2, 0.25) is 0 Å². The minimum absolute atomic E-state index is 0.00886. The fourth-order valence-corrected chi connectivity index (χ4v) is 2.75. The Morgan fingerprint density at radius 1 is 1.48 bits per heavy atom. The maximum Gasteiger partial charge on any atom is 0.337 e. The third-order valence-corrected chi connectivity index (χ3v) is 4.10. The summed E-state index contributed by atoms with van der Waals surface area (Å²) in [5.74, 6) is -1.09. The first-order valence-electron chi connectivity index (χ1n) is 6.58. The van der Waals surface area contributed by atoms with Gasteiger partial charge in [0.05, 0.1) is 23.4 Å². The van der Waals surface area contributed by atoms with Crippen LogP contribution in [0, 0.1) is 0 Å². The molecule has 1 aromatic rings. The molecule has 2 rings (SSSR count). The quantitative estimate of drug-likeness (QED) is 0.872. The minimum atomic E-state index is -1.09. The van der Waals surface area contributed by atoms with Crippen LogP contribution >= 0.6 is 15.9 Å². The van der Waals surface area contributed by atoms with Gasteiger partial charge in [-0.05, 0) is 31.5 Å². The number of aromatic carboxylic acids is 1. The zero-order chi connectivity index (χ0) is 15.6. The van der Waals surface area contributed by atoms with Gasteiger partial charge in [-0.2, -0.15) is 0 Å². The number of carboxylic acids is 1. The van der Waals surface area contributed by atoms with E-state index in [-0.39, 0.29) is 29.4 Å². The molecule has 1 aliphatic rings. The van der Waals surface area contributed by atoms with Gasteiger partial charge in [-0.15, -0.1) is 0 Å². The van der Waals surface area contributed by atoms with E-state index in [4.69, 9.17) is 9.84 Å². The number of nitrogens with zero attached hydrogens (tertiary/aromatic N) is 1. The second kappa shape index (κ2) is 6.44. The van der Waals surface area contributed by atoms with Gasteiger partial charge < -0.3 is 20.1 Å². The first-order valence-corrected chi connectivity index (χ1v) is 7.37. The Hall–Kier alpha value is -1.60. The number of carboxylic acid groups (broad SMARTS) is 1. The van der Waals surface area contributed by atoms with E-state index in [1.165, 1.54) is 6.07 Å². The number of anilines is 1. The molecule has 7 heteroatoms. The lowest BCUT2D eigenvalue weighted by Gasteiger charge is -2.27. The molecule has 2 N–H and O–H groups in total. The number of carbonyl (C=O) groups is 2. The first kappa shape index (κ1) is 15.8. The van der Waals surface area contributed by atoms with Crippen LogP contribution in [0.3, 0.4) is 0 Å². The highest BCUT2D eigenvalue weighted by molar-refractivity contribution is 9.10. The lowest BCUT2D eigenvalue weighted by atomic mass is 10.1. The SMILES string of the molecule is CC1OCCC1N(C)C(=O)Nc1cc(Br)ccc1C(=O)O. The zero-order valence-corrected chi connectivity index (χ0v) is 13.4. The molecular weight excluding hydrogens is 340 g/mol. The van der Waals surface area contributed by atoms with Crippen molar-refractivity contribution in [3.8, 4) is 0 Å². The fraction of sp³-hybridized carbons (Fsp3) is 0.429. The third-order valence-electron chi connectivity index (χ3n) is 3.61. The van der Waals surface area contributed by atoms with Crippen LogP contribution in [0.15, 0.2) is 22.7 Å². The second-order valence-corrected chi connectivity index (χ2v) is 5.88. The summed E-state index contributed by atoms with van der Waals surface area (Å²) in [6.07, 6.45) is 0.747. The number of benzene rings is 1. The van der Waals surface area contributed by atoms with Gasteiger partial charge in [0, 0.05) is 18.1 Å². The highest BCUT2D eigenvalue weighted by Gasteiger charge is 2.31. The van der Waals surface area contributed by atoms with Crippen LogP contribution in [0.5, 0.6) is 0 Å². The lowest BCUT2D eigenvalue weighted by Crippen LogP contribution is -2.43. The smallest absolute Gasteiger partial charge is 0.337 e. The first-order chi connectivity index (χ1) is 9.90. The van der Waals surface area contributed by atoms with Crippen molar-refractivity contribution < 1.29 is 19.4 Å². The van der Waals surface area contributed by atoms with E-state index in [0.29, 0.717) is 11.1 Å². The Morgan fingerprint density at radius 2 is 2.19 bits per heavy atom.